The van der Waals surface area contributed by atoms with Crippen molar-refractivity contribution in [1.29, 1.82) is 0 Å². The Bertz CT molecular complexity index is 539. The SMILES string of the molecule is CNc1ccc([N+](=O)[O-])c(C(=O)NCC(C)(C)C(C)C)c1. The molecule has 0 aliphatic rings. The summed E-state index contributed by atoms with van der Waals surface area (Å²) in [6.07, 6.45) is 0. The number of amides is 1. The Hall–Kier alpha value is -2.11. The van der Waals surface area contributed by atoms with Gasteiger partial charge in [0.25, 0.3) is 11.6 Å². The van der Waals surface area contributed by atoms with Gasteiger partial charge in [0.2, 0.25) is 0 Å². The quantitative estimate of drug-likeness (QED) is 0.623. The molecule has 0 heterocycles. The summed E-state index contributed by atoms with van der Waals surface area (Å²) in [6.45, 7) is 8.73. The predicted octanol–water partition coefficient (Wildman–Crippen LogP) is 3.05. The van der Waals surface area contributed by atoms with Gasteiger partial charge in [-0.1, -0.05) is 27.7 Å². The Kier molecular flexibility index (Phi) is 5.29. The van der Waals surface area contributed by atoms with E-state index in [1.165, 1.54) is 12.1 Å². The molecule has 1 rings (SSSR count). The normalized spacial score (nSPS) is 11.3. The molecule has 0 aromatic heterocycles. The van der Waals surface area contributed by atoms with E-state index < -0.39 is 10.8 Å². The lowest BCUT2D eigenvalue weighted by Gasteiger charge is -2.29. The van der Waals surface area contributed by atoms with Crippen LogP contribution in [0.4, 0.5) is 11.4 Å². The molecule has 0 fully saturated rings. The Morgan fingerprint density at radius 1 is 1.38 bits per heavy atom. The minimum atomic E-state index is -0.540. The monoisotopic (exact) mass is 293 g/mol. The number of nitrogens with one attached hydrogen (secondary N) is 2. The lowest BCUT2D eigenvalue weighted by atomic mass is 9.81. The summed E-state index contributed by atoms with van der Waals surface area (Å²) < 4.78 is 0. The van der Waals surface area contributed by atoms with Gasteiger partial charge in [0, 0.05) is 25.3 Å². The molecule has 0 saturated carbocycles. The zero-order valence-electron chi connectivity index (χ0n) is 13.2. The van der Waals surface area contributed by atoms with Crippen LogP contribution in [0.25, 0.3) is 0 Å². The number of rotatable bonds is 6. The van der Waals surface area contributed by atoms with Gasteiger partial charge in [0.1, 0.15) is 5.56 Å². The van der Waals surface area contributed by atoms with E-state index in [0.29, 0.717) is 18.2 Å². The average molecular weight is 293 g/mol. The van der Waals surface area contributed by atoms with Crippen molar-refractivity contribution < 1.29 is 9.72 Å². The van der Waals surface area contributed by atoms with Crippen LogP contribution in [0.15, 0.2) is 18.2 Å². The van der Waals surface area contributed by atoms with Gasteiger partial charge in [-0.05, 0) is 23.5 Å². The number of anilines is 1. The lowest BCUT2D eigenvalue weighted by molar-refractivity contribution is -0.385. The van der Waals surface area contributed by atoms with E-state index in [1.807, 2.05) is 0 Å². The fourth-order valence-electron chi connectivity index (χ4n) is 1.64. The van der Waals surface area contributed by atoms with Crippen molar-refractivity contribution in [3.63, 3.8) is 0 Å². The van der Waals surface area contributed by atoms with E-state index in [0.717, 1.165) is 0 Å². The van der Waals surface area contributed by atoms with Gasteiger partial charge in [0.05, 0.1) is 4.92 Å². The standard InChI is InChI=1S/C15H23N3O3/c1-10(2)15(3,4)9-17-14(19)12-8-11(16-5)6-7-13(12)18(20)21/h6-8,10,16H,9H2,1-5H3,(H,17,19). The van der Waals surface area contributed by atoms with Crippen molar-refractivity contribution >= 4 is 17.3 Å². The van der Waals surface area contributed by atoms with Crippen LogP contribution in [0.5, 0.6) is 0 Å². The molecule has 1 aromatic carbocycles. The summed E-state index contributed by atoms with van der Waals surface area (Å²) in [4.78, 5) is 22.8. The van der Waals surface area contributed by atoms with Gasteiger partial charge in [-0.25, -0.2) is 0 Å². The van der Waals surface area contributed by atoms with Crippen LogP contribution in [-0.2, 0) is 0 Å². The van der Waals surface area contributed by atoms with Crippen LogP contribution < -0.4 is 10.6 Å². The van der Waals surface area contributed by atoms with E-state index in [4.69, 9.17) is 0 Å². The van der Waals surface area contributed by atoms with Crippen LogP contribution in [0.2, 0.25) is 0 Å². The molecule has 6 heteroatoms. The Labute approximate surface area is 125 Å². The molecule has 6 nitrogen and oxygen atoms in total. The molecule has 21 heavy (non-hydrogen) atoms. The summed E-state index contributed by atoms with van der Waals surface area (Å²) in [5.74, 6) is -0.0380. The number of hydrogen-bond acceptors (Lipinski definition) is 4. The maximum atomic E-state index is 12.3. The summed E-state index contributed by atoms with van der Waals surface area (Å²) in [5, 5.41) is 16.7. The predicted molar refractivity (Wildman–Crippen MR) is 83.6 cm³/mol. The second kappa shape index (κ2) is 6.56. The molecule has 2 N–H and O–H groups in total. The Morgan fingerprint density at radius 2 is 2.00 bits per heavy atom. The molecule has 1 aromatic rings. The summed E-state index contributed by atoms with van der Waals surface area (Å²) in [7, 11) is 1.70. The van der Waals surface area contributed by atoms with E-state index in [1.54, 1.807) is 13.1 Å². The number of benzene rings is 1. The second-order valence-electron chi connectivity index (χ2n) is 6.06. The number of carbonyl (C=O) groups is 1. The van der Waals surface area contributed by atoms with Crippen LogP contribution in [0, 0.1) is 21.4 Å². The molecule has 0 bridgehead atoms. The van der Waals surface area contributed by atoms with Gasteiger partial charge in [-0.2, -0.15) is 0 Å². The fourth-order valence-corrected chi connectivity index (χ4v) is 1.64. The highest BCUT2D eigenvalue weighted by Gasteiger charge is 2.25. The van der Waals surface area contributed by atoms with Crippen molar-refractivity contribution in [1.82, 2.24) is 5.32 Å². The van der Waals surface area contributed by atoms with Crippen molar-refractivity contribution in [2.75, 3.05) is 18.9 Å². The molecule has 0 spiro atoms. The molecule has 0 radical (unpaired) electrons. The molecule has 0 atom stereocenters. The number of nitro benzene ring substituents is 1. The number of nitro groups is 1. The second-order valence-corrected chi connectivity index (χ2v) is 6.06. The third-order valence-corrected chi connectivity index (χ3v) is 3.99. The van der Waals surface area contributed by atoms with Gasteiger partial charge in [-0.15, -0.1) is 0 Å². The summed E-state index contributed by atoms with van der Waals surface area (Å²) in [6, 6.07) is 4.41. The van der Waals surface area contributed by atoms with Crippen molar-refractivity contribution in [2.45, 2.75) is 27.7 Å². The molecule has 1 amide bonds. The zero-order chi connectivity index (χ0) is 16.2. The van der Waals surface area contributed by atoms with Crippen LogP contribution in [0.1, 0.15) is 38.1 Å². The first kappa shape index (κ1) is 16.9. The van der Waals surface area contributed by atoms with Gasteiger partial charge in [0.15, 0.2) is 0 Å². The van der Waals surface area contributed by atoms with Gasteiger partial charge >= 0.3 is 0 Å². The van der Waals surface area contributed by atoms with Crippen LogP contribution in [-0.4, -0.2) is 24.4 Å². The minimum absolute atomic E-state index is 0.0754. The zero-order valence-corrected chi connectivity index (χ0v) is 13.2. The fraction of sp³-hybridized carbons (Fsp3) is 0.533. The van der Waals surface area contributed by atoms with Gasteiger partial charge in [-0.3, -0.25) is 14.9 Å². The van der Waals surface area contributed by atoms with E-state index in [2.05, 4.69) is 38.3 Å². The summed E-state index contributed by atoms with van der Waals surface area (Å²) in [5.41, 5.74) is 0.472. The highest BCUT2D eigenvalue weighted by Crippen LogP contribution is 2.26. The number of carbonyl (C=O) groups excluding carboxylic acids is 1. The largest absolute Gasteiger partial charge is 0.388 e. The maximum absolute atomic E-state index is 12.3. The molecule has 0 saturated heterocycles. The molecular weight excluding hydrogens is 270 g/mol. The molecular formula is C15H23N3O3. The van der Waals surface area contributed by atoms with E-state index in [9.17, 15) is 14.9 Å². The molecule has 0 aliphatic carbocycles. The molecule has 116 valence electrons. The highest BCUT2D eigenvalue weighted by molar-refractivity contribution is 5.99. The Morgan fingerprint density at radius 3 is 2.48 bits per heavy atom. The van der Waals surface area contributed by atoms with E-state index >= 15 is 0 Å². The smallest absolute Gasteiger partial charge is 0.282 e. The Balaban J connectivity index is 2.98. The average Bonchev–Trinajstić information content (AvgIpc) is 2.43. The van der Waals surface area contributed by atoms with Crippen molar-refractivity contribution in [3.8, 4) is 0 Å². The van der Waals surface area contributed by atoms with Crippen molar-refractivity contribution in [3.05, 3.63) is 33.9 Å². The third-order valence-electron chi connectivity index (χ3n) is 3.99. The highest BCUT2D eigenvalue weighted by atomic mass is 16.6. The van der Waals surface area contributed by atoms with Gasteiger partial charge < -0.3 is 10.6 Å². The number of hydrogen-bond donors (Lipinski definition) is 2. The number of nitrogens with zero attached hydrogens (tertiary/aromatic N) is 1. The third kappa shape index (κ3) is 4.18. The first-order chi connectivity index (χ1) is 9.69. The topological polar surface area (TPSA) is 84.3 Å². The molecule has 0 aliphatic heterocycles. The maximum Gasteiger partial charge on any atom is 0.282 e. The van der Waals surface area contributed by atoms with Crippen molar-refractivity contribution in [2.24, 2.45) is 11.3 Å². The molecule has 0 unspecified atom stereocenters. The van der Waals surface area contributed by atoms with E-state index in [-0.39, 0.29) is 16.7 Å². The summed E-state index contributed by atoms with van der Waals surface area (Å²) >= 11 is 0. The van der Waals surface area contributed by atoms with Crippen LogP contribution >= 0.6 is 0 Å². The minimum Gasteiger partial charge on any atom is -0.388 e. The first-order valence-electron chi connectivity index (χ1n) is 6.93. The lowest BCUT2D eigenvalue weighted by Crippen LogP contribution is -2.37. The van der Waals surface area contributed by atoms with Crippen LogP contribution in [0.3, 0.4) is 0 Å². The first-order valence-corrected chi connectivity index (χ1v) is 6.93.